The Kier molecular flexibility index (Phi) is 5.95. The number of benzene rings is 1. The van der Waals surface area contributed by atoms with Crippen LogP contribution >= 0.6 is 11.3 Å². The number of thiophene rings is 1. The van der Waals surface area contributed by atoms with Crippen LogP contribution in [0, 0.1) is 11.6 Å². The molecule has 2 aromatic rings. The van der Waals surface area contributed by atoms with Gasteiger partial charge in [-0.3, -0.25) is 14.5 Å². The predicted octanol–water partition coefficient (Wildman–Crippen LogP) is 2.21. The van der Waals surface area contributed by atoms with Gasteiger partial charge in [0.2, 0.25) is 0 Å². The highest BCUT2D eigenvalue weighted by Crippen LogP contribution is 2.13. The summed E-state index contributed by atoms with van der Waals surface area (Å²) < 4.78 is 26.3. The maximum Gasteiger partial charge on any atom is 0.254 e. The van der Waals surface area contributed by atoms with E-state index in [1.165, 1.54) is 17.4 Å². The van der Waals surface area contributed by atoms with E-state index in [4.69, 9.17) is 0 Å². The van der Waals surface area contributed by atoms with Gasteiger partial charge in [0.15, 0.2) is 11.6 Å². The van der Waals surface area contributed by atoms with Crippen LogP contribution in [0.1, 0.15) is 20.7 Å². The molecule has 138 valence electrons. The molecule has 0 atom stereocenters. The first-order valence-corrected chi connectivity index (χ1v) is 9.26. The molecule has 8 heteroatoms. The third kappa shape index (κ3) is 4.44. The quantitative estimate of drug-likeness (QED) is 0.867. The molecule has 1 aliphatic rings. The van der Waals surface area contributed by atoms with Crippen molar-refractivity contribution in [2.24, 2.45) is 0 Å². The lowest BCUT2D eigenvalue weighted by Crippen LogP contribution is -2.50. The van der Waals surface area contributed by atoms with Crippen LogP contribution in [0.3, 0.4) is 0 Å². The average Bonchev–Trinajstić information content (AvgIpc) is 3.19. The molecule has 2 amide bonds. The number of rotatable bonds is 5. The van der Waals surface area contributed by atoms with E-state index >= 15 is 0 Å². The van der Waals surface area contributed by atoms with Crippen LogP contribution < -0.4 is 5.32 Å². The molecule has 1 aromatic heterocycles. The number of carbonyl (C=O) groups excluding carboxylic acids is 2. The number of piperazine rings is 1. The first-order valence-electron chi connectivity index (χ1n) is 8.31. The van der Waals surface area contributed by atoms with Gasteiger partial charge in [0, 0.05) is 55.8 Å². The Bertz CT molecular complexity index is 775. The second-order valence-corrected chi connectivity index (χ2v) is 6.81. The van der Waals surface area contributed by atoms with Crippen molar-refractivity contribution in [2.45, 2.75) is 0 Å². The highest BCUT2D eigenvalue weighted by molar-refractivity contribution is 7.08. The van der Waals surface area contributed by atoms with Gasteiger partial charge in [0.05, 0.1) is 0 Å². The van der Waals surface area contributed by atoms with Crippen molar-refractivity contribution in [1.82, 2.24) is 15.1 Å². The Labute approximate surface area is 154 Å². The number of nitrogens with zero attached hydrogens (tertiary/aromatic N) is 2. The van der Waals surface area contributed by atoms with E-state index in [9.17, 15) is 18.4 Å². The SMILES string of the molecule is O=C(NCCN1CCN(C(=O)c2ccc(F)c(F)c2)CC1)c1ccsc1. The molecule has 1 saturated heterocycles. The Morgan fingerprint density at radius 1 is 1.04 bits per heavy atom. The normalized spacial score (nSPS) is 15.1. The van der Waals surface area contributed by atoms with Gasteiger partial charge in [0.1, 0.15) is 0 Å². The Morgan fingerprint density at radius 2 is 1.81 bits per heavy atom. The fourth-order valence-corrected chi connectivity index (χ4v) is 3.45. The lowest BCUT2D eigenvalue weighted by atomic mass is 10.1. The smallest absolute Gasteiger partial charge is 0.254 e. The Balaban J connectivity index is 1.43. The first kappa shape index (κ1) is 18.5. The number of hydrogen-bond donors (Lipinski definition) is 1. The van der Waals surface area contributed by atoms with Gasteiger partial charge in [-0.1, -0.05) is 0 Å². The van der Waals surface area contributed by atoms with E-state index in [-0.39, 0.29) is 17.4 Å². The topological polar surface area (TPSA) is 52.7 Å². The van der Waals surface area contributed by atoms with Crippen LogP contribution in [0.15, 0.2) is 35.0 Å². The fraction of sp³-hybridized carbons (Fsp3) is 0.333. The van der Waals surface area contributed by atoms with Gasteiger partial charge >= 0.3 is 0 Å². The highest BCUT2D eigenvalue weighted by Gasteiger charge is 2.22. The second-order valence-electron chi connectivity index (χ2n) is 6.03. The molecule has 0 saturated carbocycles. The standard InChI is InChI=1S/C18H19F2N3O2S/c19-15-2-1-13(11-16(15)20)18(25)23-8-6-22(7-9-23)5-4-21-17(24)14-3-10-26-12-14/h1-3,10-12H,4-9H2,(H,21,24). The lowest BCUT2D eigenvalue weighted by molar-refractivity contribution is 0.0637. The van der Waals surface area contributed by atoms with Gasteiger partial charge in [-0.25, -0.2) is 8.78 Å². The summed E-state index contributed by atoms with van der Waals surface area (Å²) in [5, 5.41) is 6.53. The average molecular weight is 379 g/mol. The summed E-state index contributed by atoms with van der Waals surface area (Å²) in [4.78, 5) is 28.0. The van der Waals surface area contributed by atoms with Gasteiger partial charge in [-0.2, -0.15) is 11.3 Å². The minimum absolute atomic E-state index is 0.0848. The van der Waals surface area contributed by atoms with Gasteiger partial charge in [0.25, 0.3) is 11.8 Å². The summed E-state index contributed by atoms with van der Waals surface area (Å²) in [5.74, 6) is -2.36. The van der Waals surface area contributed by atoms with E-state index in [2.05, 4.69) is 10.2 Å². The van der Waals surface area contributed by atoms with E-state index in [0.717, 1.165) is 12.1 Å². The van der Waals surface area contributed by atoms with Crippen molar-refractivity contribution in [3.8, 4) is 0 Å². The Morgan fingerprint density at radius 3 is 2.46 bits per heavy atom. The molecule has 1 aromatic carbocycles. The summed E-state index contributed by atoms with van der Waals surface area (Å²) >= 11 is 1.48. The number of amides is 2. The minimum atomic E-state index is -1.02. The first-order chi connectivity index (χ1) is 12.5. The van der Waals surface area contributed by atoms with Crippen LogP contribution in [0.25, 0.3) is 0 Å². The molecule has 2 heterocycles. The van der Waals surface area contributed by atoms with Crippen LogP contribution in [0.2, 0.25) is 0 Å². The molecule has 0 spiro atoms. The van der Waals surface area contributed by atoms with Crippen molar-refractivity contribution < 1.29 is 18.4 Å². The summed E-state index contributed by atoms with van der Waals surface area (Å²) in [7, 11) is 0. The molecule has 0 radical (unpaired) electrons. The van der Waals surface area contributed by atoms with Crippen molar-refractivity contribution in [3.05, 3.63) is 57.8 Å². The zero-order valence-electron chi connectivity index (χ0n) is 14.1. The van der Waals surface area contributed by atoms with Crippen molar-refractivity contribution in [3.63, 3.8) is 0 Å². The number of hydrogen-bond acceptors (Lipinski definition) is 4. The summed E-state index contributed by atoms with van der Waals surface area (Å²) in [6.07, 6.45) is 0. The summed E-state index contributed by atoms with van der Waals surface area (Å²) in [6.45, 7) is 3.59. The van der Waals surface area contributed by atoms with Crippen LogP contribution in [0.5, 0.6) is 0 Å². The molecule has 0 aliphatic carbocycles. The van der Waals surface area contributed by atoms with Gasteiger partial charge < -0.3 is 10.2 Å². The van der Waals surface area contributed by atoms with E-state index in [0.29, 0.717) is 44.8 Å². The highest BCUT2D eigenvalue weighted by atomic mass is 32.1. The van der Waals surface area contributed by atoms with Crippen molar-refractivity contribution in [1.29, 1.82) is 0 Å². The molecule has 26 heavy (non-hydrogen) atoms. The zero-order valence-corrected chi connectivity index (χ0v) is 14.9. The molecular formula is C18H19F2N3O2S. The summed E-state index contributed by atoms with van der Waals surface area (Å²) in [5.41, 5.74) is 0.817. The molecule has 5 nitrogen and oxygen atoms in total. The van der Waals surface area contributed by atoms with Crippen LogP contribution in [-0.2, 0) is 0 Å². The van der Waals surface area contributed by atoms with Gasteiger partial charge in [-0.15, -0.1) is 0 Å². The number of nitrogens with one attached hydrogen (secondary N) is 1. The fourth-order valence-electron chi connectivity index (χ4n) is 2.81. The largest absolute Gasteiger partial charge is 0.351 e. The molecular weight excluding hydrogens is 360 g/mol. The molecule has 1 fully saturated rings. The number of carbonyl (C=O) groups is 2. The molecule has 0 unspecified atom stereocenters. The minimum Gasteiger partial charge on any atom is -0.351 e. The molecule has 1 aliphatic heterocycles. The predicted molar refractivity (Wildman–Crippen MR) is 95.4 cm³/mol. The lowest BCUT2D eigenvalue weighted by Gasteiger charge is -2.34. The monoisotopic (exact) mass is 379 g/mol. The molecule has 1 N–H and O–H groups in total. The zero-order chi connectivity index (χ0) is 18.5. The second kappa shape index (κ2) is 8.37. The number of halogens is 2. The van der Waals surface area contributed by atoms with E-state index < -0.39 is 11.6 Å². The van der Waals surface area contributed by atoms with Crippen LogP contribution in [-0.4, -0.2) is 60.9 Å². The maximum absolute atomic E-state index is 13.3. The maximum atomic E-state index is 13.3. The third-order valence-corrected chi connectivity index (χ3v) is 5.01. The Hall–Kier alpha value is -2.32. The van der Waals surface area contributed by atoms with Crippen molar-refractivity contribution >= 4 is 23.2 Å². The van der Waals surface area contributed by atoms with Gasteiger partial charge in [-0.05, 0) is 29.6 Å². The van der Waals surface area contributed by atoms with E-state index in [1.807, 2.05) is 5.38 Å². The van der Waals surface area contributed by atoms with E-state index in [1.54, 1.807) is 16.3 Å². The van der Waals surface area contributed by atoms with Crippen LogP contribution in [0.4, 0.5) is 8.78 Å². The van der Waals surface area contributed by atoms with Crippen molar-refractivity contribution in [2.75, 3.05) is 39.3 Å². The molecule has 0 bridgehead atoms. The molecule has 3 rings (SSSR count). The summed E-state index contributed by atoms with van der Waals surface area (Å²) in [6, 6.07) is 4.98. The third-order valence-electron chi connectivity index (χ3n) is 4.32.